The number of hydrogen-bond donors (Lipinski definition) is 2. The van der Waals surface area contributed by atoms with E-state index in [1.165, 1.54) is 6.20 Å². The highest BCUT2D eigenvalue weighted by molar-refractivity contribution is 5.92. The van der Waals surface area contributed by atoms with Crippen molar-refractivity contribution in [2.45, 2.75) is 25.9 Å². The van der Waals surface area contributed by atoms with Crippen LogP contribution in [0.5, 0.6) is 0 Å². The van der Waals surface area contributed by atoms with E-state index in [1.54, 1.807) is 0 Å². The predicted octanol–water partition coefficient (Wildman–Crippen LogP) is -0.482. The van der Waals surface area contributed by atoms with Crippen molar-refractivity contribution >= 4 is 11.9 Å². The maximum Gasteiger partial charge on any atom is 0.325 e. The first-order chi connectivity index (χ1) is 9.06. The molecule has 2 N–H and O–H groups in total. The Morgan fingerprint density at radius 1 is 1.68 bits per heavy atom. The molecule has 2 atom stereocenters. The number of nitrogens with one attached hydrogen (secondary N) is 1. The number of rotatable bonds is 5. The normalized spacial score (nSPS) is 20.2. The van der Waals surface area contributed by atoms with Crippen molar-refractivity contribution < 1.29 is 19.4 Å². The maximum atomic E-state index is 11.9. The topological polar surface area (TPSA) is 106 Å². The Morgan fingerprint density at radius 3 is 3.11 bits per heavy atom. The van der Waals surface area contributed by atoms with E-state index in [9.17, 15) is 9.59 Å². The molecular formula is C11H16N4O4. The van der Waals surface area contributed by atoms with Gasteiger partial charge in [0.25, 0.3) is 5.91 Å². The van der Waals surface area contributed by atoms with Crippen LogP contribution in [0.4, 0.5) is 0 Å². The van der Waals surface area contributed by atoms with Gasteiger partial charge in [0.2, 0.25) is 0 Å². The number of aromatic nitrogens is 3. The van der Waals surface area contributed by atoms with Gasteiger partial charge in [0.1, 0.15) is 6.54 Å². The summed E-state index contributed by atoms with van der Waals surface area (Å²) in [5.74, 6) is -1.08. The highest BCUT2D eigenvalue weighted by Gasteiger charge is 2.24. The van der Waals surface area contributed by atoms with Gasteiger partial charge in [-0.05, 0) is 13.3 Å². The number of hydrogen-bond acceptors (Lipinski definition) is 5. The van der Waals surface area contributed by atoms with Gasteiger partial charge in [0, 0.05) is 18.6 Å². The van der Waals surface area contributed by atoms with E-state index in [0.29, 0.717) is 12.5 Å². The van der Waals surface area contributed by atoms with Crippen LogP contribution in [-0.2, 0) is 16.1 Å². The molecule has 0 aromatic carbocycles. The lowest BCUT2D eigenvalue weighted by Gasteiger charge is -2.18. The summed E-state index contributed by atoms with van der Waals surface area (Å²) in [5, 5.41) is 18.7. The fraction of sp³-hybridized carbons (Fsp3) is 0.636. The second-order valence-corrected chi connectivity index (χ2v) is 4.58. The van der Waals surface area contributed by atoms with Gasteiger partial charge >= 0.3 is 5.97 Å². The summed E-state index contributed by atoms with van der Waals surface area (Å²) in [7, 11) is 0. The Balaban J connectivity index is 1.91. The predicted molar refractivity (Wildman–Crippen MR) is 63.5 cm³/mol. The third-order valence-electron chi connectivity index (χ3n) is 3.10. The average Bonchev–Trinajstić information content (AvgIpc) is 2.97. The molecule has 0 saturated carbocycles. The summed E-state index contributed by atoms with van der Waals surface area (Å²) < 4.78 is 6.38. The first-order valence-corrected chi connectivity index (χ1v) is 6.07. The third-order valence-corrected chi connectivity index (χ3v) is 3.10. The fourth-order valence-electron chi connectivity index (χ4n) is 1.96. The van der Waals surface area contributed by atoms with Crippen LogP contribution in [0.15, 0.2) is 6.20 Å². The number of carbonyl (C=O) groups is 2. The van der Waals surface area contributed by atoms with Gasteiger partial charge in [-0.3, -0.25) is 9.59 Å². The van der Waals surface area contributed by atoms with Crippen LogP contribution in [0.2, 0.25) is 0 Å². The van der Waals surface area contributed by atoms with Crippen LogP contribution in [0, 0.1) is 5.92 Å². The van der Waals surface area contributed by atoms with Crippen LogP contribution in [-0.4, -0.2) is 51.2 Å². The number of amides is 1. The first-order valence-electron chi connectivity index (χ1n) is 6.07. The zero-order chi connectivity index (χ0) is 13.8. The largest absolute Gasteiger partial charge is 0.480 e. The molecule has 104 valence electrons. The summed E-state index contributed by atoms with van der Waals surface area (Å²) in [6.45, 7) is 2.97. The zero-order valence-corrected chi connectivity index (χ0v) is 10.6. The molecule has 0 radical (unpaired) electrons. The van der Waals surface area contributed by atoms with Crippen molar-refractivity contribution in [1.29, 1.82) is 0 Å². The van der Waals surface area contributed by atoms with Crippen molar-refractivity contribution in [3.8, 4) is 0 Å². The number of carboxylic acid groups (broad SMARTS) is 1. The summed E-state index contributed by atoms with van der Waals surface area (Å²) in [4.78, 5) is 22.4. The molecule has 1 aliphatic rings. The summed E-state index contributed by atoms with van der Waals surface area (Å²) in [6, 6.07) is -0.0142. The van der Waals surface area contributed by atoms with Gasteiger partial charge < -0.3 is 15.2 Å². The van der Waals surface area contributed by atoms with Gasteiger partial charge in [-0.1, -0.05) is 5.21 Å². The lowest BCUT2D eigenvalue weighted by molar-refractivity contribution is -0.137. The molecule has 1 aliphatic heterocycles. The lowest BCUT2D eigenvalue weighted by atomic mass is 10.0. The molecule has 8 heteroatoms. The Bertz CT molecular complexity index is 467. The molecule has 2 heterocycles. The van der Waals surface area contributed by atoms with Crippen molar-refractivity contribution in [3.05, 3.63) is 11.9 Å². The maximum absolute atomic E-state index is 11.9. The Labute approximate surface area is 109 Å². The fourth-order valence-corrected chi connectivity index (χ4v) is 1.96. The van der Waals surface area contributed by atoms with E-state index in [4.69, 9.17) is 9.84 Å². The average molecular weight is 268 g/mol. The molecule has 2 unspecified atom stereocenters. The summed E-state index contributed by atoms with van der Waals surface area (Å²) in [6.07, 6.45) is 2.24. The first kappa shape index (κ1) is 13.5. The molecule has 1 amide bonds. The van der Waals surface area contributed by atoms with E-state index in [1.807, 2.05) is 6.92 Å². The van der Waals surface area contributed by atoms with Gasteiger partial charge in [-0.15, -0.1) is 5.10 Å². The van der Waals surface area contributed by atoms with Crippen LogP contribution in [0.25, 0.3) is 0 Å². The molecule has 1 aromatic heterocycles. The standard InChI is InChI=1S/C11H16N4O4/c1-7(8-2-3-19-6-8)12-11(18)9-4-15(14-13-9)5-10(16)17/h4,7-8H,2-3,5-6H2,1H3,(H,12,18)(H,16,17). The highest BCUT2D eigenvalue weighted by atomic mass is 16.5. The molecule has 19 heavy (non-hydrogen) atoms. The van der Waals surface area contributed by atoms with Crippen molar-refractivity contribution in [2.75, 3.05) is 13.2 Å². The van der Waals surface area contributed by atoms with Gasteiger partial charge in [-0.2, -0.15) is 0 Å². The molecule has 1 aromatic rings. The molecular weight excluding hydrogens is 252 g/mol. The Hall–Kier alpha value is -1.96. The zero-order valence-electron chi connectivity index (χ0n) is 10.6. The van der Waals surface area contributed by atoms with E-state index in [2.05, 4.69) is 15.6 Å². The van der Waals surface area contributed by atoms with Crippen LogP contribution < -0.4 is 5.32 Å². The van der Waals surface area contributed by atoms with E-state index in [-0.39, 0.29) is 24.2 Å². The van der Waals surface area contributed by atoms with E-state index in [0.717, 1.165) is 17.7 Å². The van der Waals surface area contributed by atoms with Gasteiger partial charge in [0.15, 0.2) is 5.69 Å². The second-order valence-electron chi connectivity index (χ2n) is 4.58. The van der Waals surface area contributed by atoms with Crippen molar-refractivity contribution in [3.63, 3.8) is 0 Å². The molecule has 0 bridgehead atoms. The lowest BCUT2D eigenvalue weighted by Crippen LogP contribution is -2.38. The highest BCUT2D eigenvalue weighted by Crippen LogP contribution is 2.16. The van der Waals surface area contributed by atoms with Crippen molar-refractivity contribution in [2.24, 2.45) is 5.92 Å². The minimum atomic E-state index is -1.03. The minimum Gasteiger partial charge on any atom is -0.480 e. The van der Waals surface area contributed by atoms with Crippen LogP contribution in [0.1, 0.15) is 23.8 Å². The number of carbonyl (C=O) groups excluding carboxylic acids is 1. The van der Waals surface area contributed by atoms with Gasteiger partial charge in [0.05, 0.1) is 12.8 Å². The third kappa shape index (κ3) is 3.50. The van der Waals surface area contributed by atoms with E-state index >= 15 is 0 Å². The monoisotopic (exact) mass is 268 g/mol. The van der Waals surface area contributed by atoms with Gasteiger partial charge in [-0.25, -0.2) is 4.68 Å². The second kappa shape index (κ2) is 5.79. The number of nitrogens with zero attached hydrogens (tertiary/aromatic N) is 3. The van der Waals surface area contributed by atoms with Crippen LogP contribution >= 0.6 is 0 Å². The number of ether oxygens (including phenoxy) is 1. The van der Waals surface area contributed by atoms with Crippen LogP contribution in [0.3, 0.4) is 0 Å². The molecule has 0 spiro atoms. The molecule has 8 nitrogen and oxygen atoms in total. The summed E-state index contributed by atoms with van der Waals surface area (Å²) >= 11 is 0. The molecule has 2 rings (SSSR count). The number of aliphatic carboxylic acids is 1. The van der Waals surface area contributed by atoms with Crippen molar-refractivity contribution in [1.82, 2.24) is 20.3 Å². The molecule has 0 aliphatic carbocycles. The Morgan fingerprint density at radius 2 is 2.47 bits per heavy atom. The molecule has 1 saturated heterocycles. The smallest absolute Gasteiger partial charge is 0.325 e. The molecule has 1 fully saturated rings. The van der Waals surface area contributed by atoms with E-state index < -0.39 is 5.97 Å². The Kier molecular flexibility index (Phi) is 4.10. The quantitative estimate of drug-likeness (QED) is 0.747. The SMILES string of the molecule is CC(NC(=O)c1cn(CC(=O)O)nn1)C1CCOC1. The summed E-state index contributed by atoms with van der Waals surface area (Å²) in [5.41, 5.74) is 0.118. The minimum absolute atomic E-state index is 0.0142. The number of carboxylic acids is 1.